The summed E-state index contributed by atoms with van der Waals surface area (Å²) in [6.45, 7) is 11.2. The molecule has 1 amide bonds. The molecule has 0 radical (unpaired) electrons. The van der Waals surface area contributed by atoms with Crippen LogP contribution in [0.15, 0.2) is 65.8 Å². The third-order valence-electron chi connectivity index (χ3n) is 14.6. The number of hydrogen-bond donors (Lipinski definition) is 3. The number of Topliss-reactive ketones (excluding diaryl/α,β-unsaturated/α-hetero) is 2. The van der Waals surface area contributed by atoms with Gasteiger partial charge in [-0.05, 0) is 118 Å². The molecule has 14 unspecified atom stereocenters. The van der Waals surface area contributed by atoms with Gasteiger partial charge in [0.25, 0.3) is 11.7 Å². The molecule has 2 aromatic carbocycles. The van der Waals surface area contributed by atoms with E-state index in [4.69, 9.17) is 23.7 Å². The van der Waals surface area contributed by atoms with Crippen molar-refractivity contribution in [2.24, 2.45) is 29.6 Å². The molecule has 2 aromatic rings. The van der Waals surface area contributed by atoms with Gasteiger partial charge in [-0.1, -0.05) is 75.8 Å². The summed E-state index contributed by atoms with van der Waals surface area (Å²) >= 11 is 0. The number of ketones is 2. The summed E-state index contributed by atoms with van der Waals surface area (Å²) in [6, 6.07) is 12.7. The second-order valence-electron chi connectivity index (χ2n) is 19.5. The van der Waals surface area contributed by atoms with Gasteiger partial charge in [-0.2, -0.15) is 0 Å². The lowest BCUT2D eigenvalue weighted by Crippen LogP contribution is -2.64. The number of piperidine rings is 1. The van der Waals surface area contributed by atoms with E-state index in [1.807, 2.05) is 75.4 Å². The molecule has 13 nitrogen and oxygen atoms in total. The van der Waals surface area contributed by atoms with Gasteiger partial charge in [-0.3, -0.25) is 14.4 Å². The molecule has 14 atom stereocenters. The second-order valence-corrected chi connectivity index (χ2v) is 19.5. The van der Waals surface area contributed by atoms with Crippen LogP contribution in [0, 0.1) is 29.6 Å². The zero-order valence-corrected chi connectivity index (χ0v) is 39.7. The number of ether oxygens (including phenoxy) is 5. The number of carbonyl (C=O) groups excluding carboxylic acids is 4. The summed E-state index contributed by atoms with van der Waals surface area (Å²) in [6.07, 6.45) is 3.10. The van der Waals surface area contributed by atoms with Gasteiger partial charge < -0.3 is 43.9 Å². The highest BCUT2D eigenvalue weighted by Gasteiger charge is 2.56. The lowest BCUT2D eigenvalue weighted by molar-refractivity contribution is -0.302. The molecule has 0 spiro atoms. The molecule has 1 saturated carbocycles. The molecule has 3 N–H and O–H groups in total. The van der Waals surface area contributed by atoms with Crippen molar-refractivity contribution in [1.82, 2.24) is 4.90 Å². The molecule has 65 heavy (non-hydrogen) atoms. The molecule has 358 valence electrons. The summed E-state index contributed by atoms with van der Waals surface area (Å²) in [7, 11) is 3.07. The average Bonchev–Trinajstić information content (AvgIpc) is 3.29. The van der Waals surface area contributed by atoms with Crippen LogP contribution >= 0.6 is 0 Å². The van der Waals surface area contributed by atoms with Crippen molar-refractivity contribution in [2.75, 3.05) is 20.8 Å². The van der Waals surface area contributed by atoms with Crippen molar-refractivity contribution >= 4 is 34.2 Å². The number of benzene rings is 2. The molecule has 3 aliphatic heterocycles. The summed E-state index contributed by atoms with van der Waals surface area (Å²) < 4.78 is 30.7. The Hall–Kier alpha value is -3.98. The van der Waals surface area contributed by atoms with E-state index in [9.17, 15) is 34.5 Å². The minimum absolute atomic E-state index is 0.0236. The van der Waals surface area contributed by atoms with Crippen molar-refractivity contribution in [3.8, 4) is 5.75 Å². The third kappa shape index (κ3) is 11.8. The molecule has 3 fully saturated rings. The predicted octanol–water partition coefficient (Wildman–Crippen LogP) is 7.06. The maximum absolute atomic E-state index is 14.5. The first-order chi connectivity index (χ1) is 31.0. The van der Waals surface area contributed by atoms with E-state index in [2.05, 4.69) is 6.92 Å². The maximum atomic E-state index is 14.5. The number of methoxy groups -OCH3 is 2. The summed E-state index contributed by atoms with van der Waals surface area (Å²) in [4.78, 5) is 58.3. The number of allylic oxidation sites excluding steroid dienone is 3. The van der Waals surface area contributed by atoms with Crippen LogP contribution in [0.1, 0.15) is 112 Å². The first kappa shape index (κ1) is 50.4. The Morgan fingerprint density at radius 1 is 0.877 bits per heavy atom. The van der Waals surface area contributed by atoms with Crippen LogP contribution in [0.5, 0.6) is 5.75 Å². The smallest absolute Gasteiger partial charge is 0.329 e. The first-order valence-corrected chi connectivity index (χ1v) is 23.9. The lowest BCUT2D eigenvalue weighted by Gasteiger charge is -2.47. The van der Waals surface area contributed by atoms with Gasteiger partial charge in [0.2, 0.25) is 5.79 Å². The second kappa shape index (κ2) is 22.2. The SMILES string of the molecule is CCC1C=C(C)CC(C)CC(OC)C2OC(O)(C(=O)C(=O)N3CCCCC3C(=O)OC(C(C)=CC3CCC(Oc4ccc5ccccc5c4)C(O)C3)C(C)C(O)CC1=O)C(C)CC2OC. The minimum atomic E-state index is -2.52. The standard InChI is InChI=1S/C52H73NO12/c1-9-36-23-30(2)22-31(3)24-45(61-7)48-46(62-8)26-33(5)52(60,65-48)49(57)50(58)53-21-13-12-16-40(53)51(59)64-47(34(6)41(54)29-42(36)55)32(4)25-35-17-20-44(43(56)27-35)63-39-19-18-37-14-10-11-15-38(37)28-39/h10-11,14-15,18-19,23,25,28,31,33-36,40-41,43-48,54,56,60H,9,12-13,16-17,20-22,24,26-27,29H2,1-8H3. The van der Waals surface area contributed by atoms with E-state index >= 15 is 0 Å². The first-order valence-electron chi connectivity index (χ1n) is 23.9. The van der Waals surface area contributed by atoms with Gasteiger partial charge in [-0.15, -0.1) is 0 Å². The van der Waals surface area contributed by atoms with Crippen LogP contribution in [0.25, 0.3) is 10.8 Å². The Bertz CT molecular complexity index is 2050. The zero-order chi connectivity index (χ0) is 47.2. The van der Waals surface area contributed by atoms with Gasteiger partial charge in [-0.25, -0.2) is 4.79 Å². The van der Waals surface area contributed by atoms with Crippen LogP contribution in [-0.2, 0) is 38.1 Å². The van der Waals surface area contributed by atoms with Crippen LogP contribution in [0.2, 0.25) is 0 Å². The average molecular weight is 904 g/mol. The number of rotatable bonds is 7. The van der Waals surface area contributed by atoms with Crippen LogP contribution in [0.3, 0.4) is 0 Å². The number of hydrogen-bond acceptors (Lipinski definition) is 12. The van der Waals surface area contributed by atoms with Crippen LogP contribution in [-0.4, -0.2) is 119 Å². The number of fused-ring (bicyclic) bond motifs is 4. The molecule has 13 heteroatoms. The number of cyclic esters (lactones) is 1. The zero-order valence-electron chi connectivity index (χ0n) is 39.7. The van der Waals surface area contributed by atoms with Crippen LogP contribution in [0.4, 0.5) is 0 Å². The quantitative estimate of drug-likeness (QED) is 0.147. The van der Waals surface area contributed by atoms with Crippen LogP contribution < -0.4 is 4.74 Å². The van der Waals surface area contributed by atoms with E-state index in [1.165, 1.54) is 19.1 Å². The number of nitrogens with zero attached hydrogens (tertiary/aromatic N) is 1. The summed E-state index contributed by atoms with van der Waals surface area (Å²) in [5.74, 6) is -7.07. The van der Waals surface area contributed by atoms with E-state index < -0.39 is 90.0 Å². The number of carbonyl (C=O) groups is 4. The highest BCUT2D eigenvalue weighted by atomic mass is 16.7. The highest BCUT2D eigenvalue weighted by Crippen LogP contribution is 2.39. The third-order valence-corrected chi connectivity index (χ3v) is 14.6. The molecule has 6 rings (SSSR count). The van der Waals surface area contributed by atoms with Gasteiger partial charge in [0.05, 0.1) is 24.4 Å². The molecular weight excluding hydrogens is 831 g/mol. The fraction of sp³-hybridized carbons (Fsp3) is 0.654. The van der Waals surface area contributed by atoms with Gasteiger partial charge in [0.1, 0.15) is 35.9 Å². The maximum Gasteiger partial charge on any atom is 0.329 e. The number of esters is 1. The van der Waals surface area contributed by atoms with Gasteiger partial charge in [0.15, 0.2) is 0 Å². The van der Waals surface area contributed by atoms with E-state index in [0.29, 0.717) is 62.7 Å². The van der Waals surface area contributed by atoms with Gasteiger partial charge in [0, 0.05) is 44.9 Å². The fourth-order valence-corrected chi connectivity index (χ4v) is 10.7. The Morgan fingerprint density at radius 2 is 1.58 bits per heavy atom. The highest BCUT2D eigenvalue weighted by molar-refractivity contribution is 6.39. The van der Waals surface area contributed by atoms with Crippen molar-refractivity contribution < 1.29 is 58.2 Å². The number of amides is 1. The monoisotopic (exact) mass is 904 g/mol. The molecule has 3 heterocycles. The van der Waals surface area contributed by atoms with E-state index in [-0.39, 0.29) is 43.4 Å². The van der Waals surface area contributed by atoms with Crippen molar-refractivity contribution in [1.29, 1.82) is 0 Å². The Morgan fingerprint density at radius 3 is 2.28 bits per heavy atom. The lowest BCUT2D eigenvalue weighted by atomic mass is 9.81. The predicted molar refractivity (Wildman–Crippen MR) is 246 cm³/mol. The van der Waals surface area contributed by atoms with Crippen molar-refractivity contribution in [3.63, 3.8) is 0 Å². The van der Waals surface area contributed by atoms with Crippen molar-refractivity contribution in [3.05, 3.63) is 65.8 Å². The molecule has 0 aromatic heterocycles. The summed E-state index contributed by atoms with van der Waals surface area (Å²) in [5.41, 5.74) is 1.62. The normalized spacial score (nSPS) is 36.6. The largest absolute Gasteiger partial charge is 0.488 e. The molecule has 4 aliphatic rings. The van der Waals surface area contributed by atoms with E-state index in [1.54, 1.807) is 13.8 Å². The van der Waals surface area contributed by atoms with Gasteiger partial charge >= 0.3 is 5.97 Å². The topological polar surface area (TPSA) is 178 Å². The minimum Gasteiger partial charge on any atom is -0.488 e. The number of aliphatic hydroxyl groups is 3. The molecule has 1 aliphatic carbocycles. The van der Waals surface area contributed by atoms with Crippen molar-refractivity contribution in [2.45, 2.75) is 167 Å². The number of aliphatic hydroxyl groups excluding tert-OH is 2. The Labute approximate surface area is 384 Å². The van der Waals surface area contributed by atoms with E-state index in [0.717, 1.165) is 16.3 Å². The Kier molecular flexibility index (Phi) is 17.2. The molecular formula is C52H73NO12. The summed E-state index contributed by atoms with van der Waals surface area (Å²) in [5, 5.41) is 37.4. The fourth-order valence-electron chi connectivity index (χ4n) is 10.7. The Balaban J connectivity index is 1.29. The molecule has 2 bridgehead atoms. The molecule has 2 saturated heterocycles.